The van der Waals surface area contributed by atoms with E-state index in [-0.39, 0.29) is 29.4 Å². The van der Waals surface area contributed by atoms with Gasteiger partial charge in [0.25, 0.3) is 11.8 Å². The van der Waals surface area contributed by atoms with Crippen LogP contribution < -0.4 is 10.6 Å². The Balaban J connectivity index is 1.32. The highest BCUT2D eigenvalue weighted by Gasteiger charge is 2.42. The van der Waals surface area contributed by atoms with Crippen molar-refractivity contribution in [3.63, 3.8) is 0 Å². The van der Waals surface area contributed by atoms with E-state index in [0.29, 0.717) is 30.0 Å². The highest BCUT2D eigenvalue weighted by atomic mass is 19.4. The Morgan fingerprint density at radius 1 is 1.10 bits per heavy atom. The van der Waals surface area contributed by atoms with Gasteiger partial charge in [-0.05, 0) is 36.0 Å². The van der Waals surface area contributed by atoms with Crippen LogP contribution >= 0.6 is 0 Å². The van der Waals surface area contributed by atoms with E-state index in [2.05, 4.69) is 30.8 Å². The maximum atomic E-state index is 13.4. The van der Waals surface area contributed by atoms with Gasteiger partial charge in [-0.1, -0.05) is 53.6 Å². The van der Waals surface area contributed by atoms with Crippen molar-refractivity contribution in [2.24, 2.45) is 10.9 Å². The molecule has 9 nitrogen and oxygen atoms in total. The van der Waals surface area contributed by atoms with Gasteiger partial charge in [0.1, 0.15) is 5.69 Å². The second-order valence-electron chi connectivity index (χ2n) is 9.56. The molecule has 40 heavy (non-hydrogen) atoms. The summed E-state index contributed by atoms with van der Waals surface area (Å²) in [6.07, 6.45) is -4.28. The van der Waals surface area contributed by atoms with Crippen molar-refractivity contribution < 1.29 is 27.1 Å². The van der Waals surface area contributed by atoms with Crippen molar-refractivity contribution in [2.45, 2.75) is 24.7 Å². The van der Waals surface area contributed by atoms with Crippen LogP contribution in [0.4, 0.5) is 24.9 Å². The number of pyridine rings is 1. The quantitative estimate of drug-likeness (QED) is 0.329. The zero-order chi connectivity index (χ0) is 27.9. The molecule has 0 unspecified atom stereocenters. The Labute approximate surface area is 226 Å². The molecule has 2 aromatic carbocycles. The molecular formula is C28H23F3N6O3. The van der Waals surface area contributed by atoms with Crippen LogP contribution in [0.5, 0.6) is 0 Å². The van der Waals surface area contributed by atoms with E-state index in [0.717, 1.165) is 23.4 Å². The zero-order valence-electron chi connectivity index (χ0n) is 21.1. The third kappa shape index (κ3) is 5.05. The minimum absolute atomic E-state index is 0.0663. The number of hydrogen-bond acceptors (Lipinski definition) is 8. The van der Waals surface area contributed by atoms with Gasteiger partial charge < -0.3 is 19.8 Å². The smallest absolute Gasteiger partial charge is 0.402 e. The van der Waals surface area contributed by atoms with Crippen LogP contribution in [0.2, 0.25) is 0 Å². The largest absolute Gasteiger partial charge is 0.417 e. The van der Waals surface area contributed by atoms with Gasteiger partial charge >= 0.3 is 12.2 Å². The summed E-state index contributed by atoms with van der Waals surface area (Å²) in [6.45, 7) is 0.415. The SMILES string of the molecule is COC[C@@H]1C[C@H]1c1cc(C(F)(F)F)cnc1-c1nnc(N[C@@H]2N=C(c3ccccc3)c3ccccc3NC2=O)o1. The van der Waals surface area contributed by atoms with Crippen molar-refractivity contribution in [1.82, 2.24) is 15.2 Å². The number of carbonyl (C=O) groups is 1. The number of rotatable bonds is 7. The first-order chi connectivity index (χ1) is 19.3. The van der Waals surface area contributed by atoms with Gasteiger partial charge in [0.05, 0.1) is 17.0 Å². The number of halogens is 3. The summed E-state index contributed by atoms with van der Waals surface area (Å²) >= 11 is 0. The summed E-state index contributed by atoms with van der Waals surface area (Å²) in [7, 11) is 1.55. The van der Waals surface area contributed by atoms with Gasteiger partial charge in [0.15, 0.2) is 0 Å². The van der Waals surface area contributed by atoms with Crippen molar-refractivity contribution in [1.29, 1.82) is 0 Å². The molecule has 4 aromatic rings. The minimum atomic E-state index is -4.55. The molecule has 0 saturated heterocycles. The van der Waals surface area contributed by atoms with Crippen LogP contribution in [-0.4, -0.2) is 46.7 Å². The number of nitrogens with zero attached hydrogens (tertiary/aromatic N) is 4. The molecule has 0 radical (unpaired) electrons. The molecule has 1 aliphatic carbocycles. The molecule has 2 aromatic heterocycles. The van der Waals surface area contributed by atoms with Crippen LogP contribution in [0, 0.1) is 5.92 Å². The Morgan fingerprint density at radius 2 is 1.88 bits per heavy atom. The van der Waals surface area contributed by atoms with Gasteiger partial charge in [-0.3, -0.25) is 9.78 Å². The monoisotopic (exact) mass is 548 g/mol. The molecule has 204 valence electrons. The van der Waals surface area contributed by atoms with Crippen LogP contribution in [0.3, 0.4) is 0 Å². The number of hydrogen-bond donors (Lipinski definition) is 2. The molecule has 3 heterocycles. The molecule has 3 atom stereocenters. The van der Waals surface area contributed by atoms with Gasteiger partial charge in [-0.2, -0.15) is 13.2 Å². The predicted molar refractivity (Wildman–Crippen MR) is 140 cm³/mol. The summed E-state index contributed by atoms with van der Waals surface area (Å²) in [5.41, 5.74) is 2.38. The van der Waals surface area contributed by atoms with Gasteiger partial charge in [-0.15, -0.1) is 5.10 Å². The molecule has 2 aliphatic rings. The Bertz CT molecular complexity index is 1590. The molecule has 0 spiro atoms. The number of ether oxygens (including phenoxy) is 1. The van der Waals surface area contributed by atoms with Gasteiger partial charge in [0.2, 0.25) is 6.17 Å². The van der Waals surface area contributed by atoms with E-state index < -0.39 is 23.8 Å². The highest BCUT2D eigenvalue weighted by molar-refractivity contribution is 6.19. The highest BCUT2D eigenvalue weighted by Crippen LogP contribution is 2.50. The number of para-hydroxylation sites is 1. The van der Waals surface area contributed by atoms with E-state index in [1.165, 1.54) is 0 Å². The Kier molecular flexibility index (Phi) is 6.54. The van der Waals surface area contributed by atoms with Crippen LogP contribution in [0.25, 0.3) is 11.6 Å². The number of methoxy groups -OCH3 is 1. The van der Waals surface area contributed by atoms with Crippen LogP contribution in [-0.2, 0) is 15.7 Å². The number of fused-ring (bicyclic) bond motifs is 1. The fourth-order valence-corrected chi connectivity index (χ4v) is 4.80. The lowest BCUT2D eigenvalue weighted by Gasteiger charge is -2.12. The average Bonchev–Trinajstić information content (AvgIpc) is 3.59. The molecule has 1 saturated carbocycles. The Hall–Kier alpha value is -4.58. The number of nitrogens with one attached hydrogen (secondary N) is 2. The summed E-state index contributed by atoms with van der Waals surface area (Å²) in [5, 5.41) is 13.7. The fraction of sp³-hybridized carbons (Fsp3) is 0.250. The van der Waals surface area contributed by atoms with E-state index in [1.807, 2.05) is 48.5 Å². The number of aromatic nitrogens is 3. The lowest BCUT2D eigenvalue weighted by Crippen LogP contribution is -2.32. The summed E-state index contributed by atoms with van der Waals surface area (Å²) in [4.78, 5) is 21.8. The molecule has 0 bridgehead atoms. The van der Waals surface area contributed by atoms with E-state index in [9.17, 15) is 18.0 Å². The molecule has 1 fully saturated rings. The number of anilines is 2. The summed E-state index contributed by atoms with van der Waals surface area (Å²) in [5.74, 6) is -0.639. The first-order valence-electron chi connectivity index (χ1n) is 12.5. The standard InChI is InChI=1S/C28H23F3N6O3/c1-39-14-16-11-19(16)20-12-17(28(29,30)31)13-32-23(20)26-36-37-27(40-26)35-24-25(38)33-21-10-6-5-9-18(21)22(34-24)15-7-3-2-4-8-15/h2-10,12-13,16,19,24H,11,14H2,1H3,(H,33,38)(H,35,37)/t16-,19+,24-/m0/s1. The van der Waals surface area contributed by atoms with E-state index >= 15 is 0 Å². The fourth-order valence-electron chi connectivity index (χ4n) is 4.80. The lowest BCUT2D eigenvalue weighted by molar-refractivity contribution is -0.137. The molecule has 6 rings (SSSR count). The molecular weight excluding hydrogens is 525 g/mol. The maximum Gasteiger partial charge on any atom is 0.417 e. The van der Waals surface area contributed by atoms with E-state index in [4.69, 9.17) is 9.15 Å². The predicted octanol–water partition coefficient (Wildman–Crippen LogP) is 5.13. The van der Waals surface area contributed by atoms with Crippen molar-refractivity contribution in [3.8, 4) is 11.6 Å². The van der Waals surface area contributed by atoms with E-state index in [1.54, 1.807) is 13.2 Å². The normalized spacial score (nSPS) is 20.2. The molecule has 1 aliphatic heterocycles. The summed E-state index contributed by atoms with van der Waals surface area (Å²) < 4.78 is 51.3. The second kappa shape index (κ2) is 10.2. The van der Waals surface area contributed by atoms with Gasteiger partial charge in [-0.25, -0.2) is 4.99 Å². The number of alkyl halides is 3. The molecule has 1 amide bonds. The number of carbonyl (C=O) groups excluding carboxylic acids is 1. The first-order valence-corrected chi connectivity index (χ1v) is 12.5. The summed E-state index contributed by atoms with van der Waals surface area (Å²) in [6, 6.07) is 17.7. The minimum Gasteiger partial charge on any atom is -0.402 e. The first kappa shape index (κ1) is 25.7. The lowest BCUT2D eigenvalue weighted by atomic mass is 10.0. The topological polar surface area (TPSA) is 115 Å². The second-order valence-corrected chi connectivity index (χ2v) is 9.56. The van der Waals surface area contributed by atoms with Crippen molar-refractivity contribution >= 4 is 23.3 Å². The van der Waals surface area contributed by atoms with Gasteiger partial charge in [0, 0.05) is 31.0 Å². The third-order valence-electron chi connectivity index (χ3n) is 6.83. The van der Waals surface area contributed by atoms with Crippen molar-refractivity contribution in [2.75, 3.05) is 24.4 Å². The number of benzodiazepines with no additional fused rings is 1. The van der Waals surface area contributed by atoms with Crippen LogP contribution in [0.1, 0.15) is 34.6 Å². The zero-order valence-corrected chi connectivity index (χ0v) is 21.1. The number of aliphatic imine (C=N–C) groups is 1. The Morgan fingerprint density at radius 3 is 2.65 bits per heavy atom. The molecule has 2 N–H and O–H groups in total. The average molecular weight is 549 g/mol. The number of amides is 1. The third-order valence-corrected chi connectivity index (χ3v) is 6.83. The molecule has 12 heteroatoms. The van der Waals surface area contributed by atoms with Crippen LogP contribution in [0.15, 0.2) is 76.3 Å². The maximum absolute atomic E-state index is 13.4. The van der Waals surface area contributed by atoms with Crippen molar-refractivity contribution in [3.05, 3.63) is 89.1 Å². The number of benzene rings is 2.